The smallest absolute Gasteiger partial charge is 0.303 e. The van der Waals surface area contributed by atoms with Crippen molar-refractivity contribution in [3.63, 3.8) is 0 Å². The number of nitrogens with one attached hydrogen (secondary N) is 1. The first-order valence-electron chi connectivity index (χ1n) is 6.32. The molecule has 0 atom stereocenters. The van der Waals surface area contributed by atoms with Gasteiger partial charge in [0.25, 0.3) is 0 Å². The number of carbonyl (C=O) groups is 1. The zero-order chi connectivity index (χ0) is 14.0. The maximum Gasteiger partial charge on any atom is 0.303 e. The Morgan fingerprint density at radius 1 is 1.32 bits per heavy atom. The third-order valence-electron chi connectivity index (χ3n) is 3.35. The van der Waals surface area contributed by atoms with E-state index < -0.39 is 5.97 Å². The number of aromatic amines is 1. The number of carboxylic acid groups (broad SMARTS) is 1. The number of aliphatic carboxylic acids is 1. The normalized spacial score (nSPS) is 10.7. The van der Waals surface area contributed by atoms with Gasteiger partial charge in [0.05, 0.1) is 12.1 Å². The summed E-state index contributed by atoms with van der Waals surface area (Å²) < 4.78 is 0. The maximum atomic E-state index is 10.6. The number of hydrogen-bond donors (Lipinski definition) is 2. The summed E-state index contributed by atoms with van der Waals surface area (Å²) in [6, 6.07) is 6.27. The van der Waals surface area contributed by atoms with E-state index in [0.29, 0.717) is 6.42 Å². The Kier molecular flexibility index (Phi) is 3.69. The van der Waals surface area contributed by atoms with Gasteiger partial charge in [-0.1, -0.05) is 17.7 Å². The lowest BCUT2D eigenvalue weighted by atomic mass is 9.99. The second kappa shape index (κ2) is 5.26. The monoisotopic (exact) mass is 258 g/mol. The van der Waals surface area contributed by atoms with Gasteiger partial charge in [-0.2, -0.15) is 5.10 Å². The predicted octanol–water partition coefficient (Wildman–Crippen LogP) is 3.02. The Hall–Kier alpha value is -2.10. The Balaban J connectivity index is 2.36. The van der Waals surface area contributed by atoms with Crippen LogP contribution in [-0.2, 0) is 11.2 Å². The predicted molar refractivity (Wildman–Crippen MR) is 74.2 cm³/mol. The van der Waals surface area contributed by atoms with Gasteiger partial charge in [0.1, 0.15) is 0 Å². The number of benzene rings is 1. The van der Waals surface area contributed by atoms with Crippen molar-refractivity contribution in [3.8, 4) is 11.3 Å². The van der Waals surface area contributed by atoms with Crippen LogP contribution >= 0.6 is 0 Å². The molecule has 0 aliphatic heterocycles. The van der Waals surface area contributed by atoms with E-state index in [1.807, 2.05) is 6.92 Å². The molecule has 0 saturated carbocycles. The molecule has 4 heteroatoms. The highest BCUT2D eigenvalue weighted by Crippen LogP contribution is 2.27. The number of rotatable bonds is 4. The Bertz CT molecular complexity index is 615. The molecule has 0 aliphatic rings. The fourth-order valence-corrected chi connectivity index (χ4v) is 2.16. The van der Waals surface area contributed by atoms with Gasteiger partial charge in [0.15, 0.2) is 0 Å². The van der Waals surface area contributed by atoms with Crippen molar-refractivity contribution in [2.75, 3.05) is 0 Å². The van der Waals surface area contributed by atoms with Crippen molar-refractivity contribution < 1.29 is 9.90 Å². The van der Waals surface area contributed by atoms with E-state index >= 15 is 0 Å². The third kappa shape index (κ3) is 2.84. The highest BCUT2D eigenvalue weighted by atomic mass is 16.4. The topological polar surface area (TPSA) is 66.0 Å². The van der Waals surface area contributed by atoms with Crippen LogP contribution in [0.5, 0.6) is 0 Å². The number of aromatic nitrogens is 2. The molecule has 0 unspecified atom stereocenters. The van der Waals surface area contributed by atoms with Crippen molar-refractivity contribution in [2.24, 2.45) is 0 Å². The summed E-state index contributed by atoms with van der Waals surface area (Å²) >= 11 is 0. The molecule has 2 N–H and O–H groups in total. The van der Waals surface area contributed by atoms with E-state index in [4.69, 9.17) is 5.11 Å². The van der Waals surface area contributed by atoms with Crippen LogP contribution in [0.1, 0.15) is 28.8 Å². The van der Waals surface area contributed by atoms with E-state index in [-0.39, 0.29) is 6.42 Å². The fraction of sp³-hybridized carbons (Fsp3) is 0.333. The molecule has 2 aromatic rings. The summed E-state index contributed by atoms with van der Waals surface area (Å²) in [7, 11) is 0. The van der Waals surface area contributed by atoms with Crippen molar-refractivity contribution >= 4 is 5.97 Å². The largest absolute Gasteiger partial charge is 0.481 e. The average molecular weight is 258 g/mol. The molecule has 2 rings (SSSR count). The van der Waals surface area contributed by atoms with Crippen LogP contribution in [-0.4, -0.2) is 21.3 Å². The molecule has 1 aromatic carbocycles. The van der Waals surface area contributed by atoms with Gasteiger partial charge in [0.2, 0.25) is 0 Å². The molecule has 1 aromatic heterocycles. The first kappa shape index (κ1) is 13.3. The second-order valence-electron chi connectivity index (χ2n) is 4.89. The zero-order valence-electron chi connectivity index (χ0n) is 11.4. The van der Waals surface area contributed by atoms with Crippen molar-refractivity contribution in [2.45, 2.75) is 33.6 Å². The molecular weight excluding hydrogens is 240 g/mol. The molecule has 0 amide bonds. The lowest BCUT2D eigenvalue weighted by Gasteiger charge is -2.05. The van der Waals surface area contributed by atoms with Crippen LogP contribution in [0.2, 0.25) is 0 Å². The van der Waals surface area contributed by atoms with E-state index in [1.165, 1.54) is 11.1 Å². The van der Waals surface area contributed by atoms with Crippen LogP contribution in [0.25, 0.3) is 11.3 Å². The number of aryl methyl sites for hydroxylation is 3. The van der Waals surface area contributed by atoms with Gasteiger partial charge in [-0.15, -0.1) is 0 Å². The Labute approximate surface area is 112 Å². The van der Waals surface area contributed by atoms with Gasteiger partial charge >= 0.3 is 5.97 Å². The van der Waals surface area contributed by atoms with Crippen molar-refractivity contribution in [3.05, 3.63) is 40.6 Å². The summed E-state index contributed by atoms with van der Waals surface area (Å²) in [4.78, 5) is 10.6. The minimum absolute atomic E-state index is 0.120. The quantitative estimate of drug-likeness (QED) is 0.885. The number of carboxylic acids is 1. The third-order valence-corrected chi connectivity index (χ3v) is 3.35. The van der Waals surface area contributed by atoms with Crippen LogP contribution < -0.4 is 0 Å². The van der Waals surface area contributed by atoms with Gasteiger partial charge < -0.3 is 5.11 Å². The molecule has 19 heavy (non-hydrogen) atoms. The summed E-state index contributed by atoms with van der Waals surface area (Å²) in [5, 5.41) is 16.0. The molecule has 0 saturated heterocycles. The minimum atomic E-state index is -0.790. The molecular formula is C15H18N2O2. The number of hydrogen-bond acceptors (Lipinski definition) is 2. The van der Waals surface area contributed by atoms with E-state index in [1.54, 1.807) is 0 Å². The van der Waals surface area contributed by atoms with E-state index in [0.717, 1.165) is 22.5 Å². The van der Waals surface area contributed by atoms with Crippen LogP contribution in [0, 0.1) is 20.8 Å². The van der Waals surface area contributed by atoms with Crippen LogP contribution in [0.15, 0.2) is 18.2 Å². The summed E-state index contributed by atoms with van der Waals surface area (Å²) in [5.74, 6) is -0.790. The molecule has 1 heterocycles. The first-order valence-corrected chi connectivity index (χ1v) is 6.32. The zero-order valence-corrected chi connectivity index (χ0v) is 11.4. The van der Waals surface area contributed by atoms with Crippen LogP contribution in [0.3, 0.4) is 0 Å². The summed E-state index contributed by atoms with van der Waals surface area (Å²) in [6.07, 6.45) is 0.605. The van der Waals surface area contributed by atoms with Crippen molar-refractivity contribution in [1.82, 2.24) is 10.2 Å². The molecule has 100 valence electrons. The fourth-order valence-electron chi connectivity index (χ4n) is 2.16. The van der Waals surface area contributed by atoms with Crippen LogP contribution in [0.4, 0.5) is 0 Å². The van der Waals surface area contributed by atoms with Gasteiger partial charge in [-0.05, 0) is 44.4 Å². The standard InChI is InChI=1S/C15H18N2O2/c1-9-4-5-10(2)12(8-9)15-11(3)13(16-17-15)6-7-14(18)19/h4-5,8H,6-7H2,1-3H3,(H,16,17)(H,18,19). The molecule has 0 aliphatic carbocycles. The first-order chi connectivity index (χ1) is 8.99. The second-order valence-corrected chi connectivity index (χ2v) is 4.89. The Morgan fingerprint density at radius 3 is 2.74 bits per heavy atom. The number of nitrogens with zero attached hydrogens (tertiary/aromatic N) is 1. The minimum Gasteiger partial charge on any atom is -0.481 e. The maximum absolute atomic E-state index is 10.6. The van der Waals surface area contributed by atoms with Gasteiger partial charge in [-0.3, -0.25) is 9.89 Å². The van der Waals surface area contributed by atoms with Gasteiger partial charge in [0, 0.05) is 11.3 Å². The summed E-state index contributed by atoms with van der Waals surface area (Å²) in [6.45, 7) is 6.09. The number of H-pyrrole nitrogens is 1. The lowest BCUT2D eigenvalue weighted by Crippen LogP contribution is -1.98. The van der Waals surface area contributed by atoms with E-state index in [9.17, 15) is 4.79 Å². The van der Waals surface area contributed by atoms with Crippen molar-refractivity contribution in [1.29, 1.82) is 0 Å². The summed E-state index contributed by atoms with van der Waals surface area (Å²) in [5.41, 5.74) is 6.32. The molecule has 0 fully saturated rings. The molecule has 0 radical (unpaired) electrons. The Morgan fingerprint density at radius 2 is 2.05 bits per heavy atom. The lowest BCUT2D eigenvalue weighted by molar-refractivity contribution is -0.136. The average Bonchev–Trinajstić information content (AvgIpc) is 2.71. The highest BCUT2D eigenvalue weighted by Gasteiger charge is 2.13. The molecule has 0 bridgehead atoms. The van der Waals surface area contributed by atoms with Gasteiger partial charge in [-0.25, -0.2) is 0 Å². The SMILES string of the molecule is Cc1ccc(C)c(-c2n[nH]c(CCC(=O)O)c2C)c1. The molecule has 0 spiro atoms. The highest BCUT2D eigenvalue weighted by molar-refractivity contribution is 5.69. The van der Waals surface area contributed by atoms with E-state index in [2.05, 4.69) is 42.2 Å². The molecule has 4 nitrogen and oxygen atoms in total.